The molecule has 0 aliphatic heterocycles. The van der Waals surface area contributed by atoms with Crippen LogP contribution in [0.25, 0.3) is 28.0 Å². The summed E-state index contributed by atoms with van der Waals surface area (Å²) >= 11 is 6.06. The van der Waals surface area contributed by atoms with Crippen LogP contribution in [-0.2, 0) is 11.3 Å². The lowest BCUT2D eigenvalue weighted by Gasteiger charge is -2.07. The Morgan fingerprint density at radius 2 is 1.73 bits per heavy atom. The van der Waals surface area contributed by atoms with Crippen LogP contribution in [0.4, 0.5) is 0 Å². The van der Waals surface area contributed by atoms with E-state index < -0.39 is 0 Å². The van der Waals surface area contributed by atoms with Crippen molar-refractivity contribution in [1.82, 2.24) is 14.6 Å². The molecule has 4 aromatic rings. The van der Waals surface area contributed by atoms with Gasteiger partial charge >= 0.3 is 0 Å². The van der Waals surface area contributed by atoms with Gasteiger partial charge < -0.3 is 4.74 Å². The monoisotopic (exact) mass is 363 g/mol. The quantitative estimate of drug-likeness (QED) is 0.502. The van der Waals surface area contributed by atoms with Crippen LogP contribution in [0.15, 0.2) is 60.7 Å². The molecule has 2 heterocycles. The number of hydrogen-bond acceptors (Lipinski definition) is 3. The molecular formula is C21H18ClN3O. The molecule has 0 saturated heterocycles. The molecule has 2 aromatic carbocycles. The van der Waals surface area contributed by atoms with Gasteiger partial charge in [-0.15, -0.1) is 0 Å². The number of halogens is 1. The van der Waals surface area contributed by atoms with Crippen molar-refractivity contribution in [3.63, 3.8) is 0 Å². The number of rotatable bonds is 4. The fourth-order valence-electron chi connectivity index (χ4n) is 3.15. The first kappa shape index (κ1) is 16.8. The second-order valence-electron chi connectivity index (χ2n) is 6.15. The van der Waals surface area contributed by atoms with Gasteiger partial charge in [0, 0.05) is 23.4 Å². The third-order valence-corrected chi connectivity index (χ3v) is 4.53. The molecule has 0 saturated carbocycles. The Labute approximate surface area is 157 Å². The summed E-state index contributed by atoms with van der Waals surface area (Å²) < 4.78 is 7.29. The molecule has 0 atom stereocenters. The van der Waals surface area contributed by atoms with E-state index >= 15 is 0 Å². The van der Waals surface area contributed by atoms with Crippen LogP contribution in [0.5, 0.6) is 0 Å². The molecule has 2 aromatic heterocycles. The summed E-state index contributed by atoms with van der Waals surface area (Å²) in [5.74, 6) is 0. The van der Waals surface area contributed by atoms with Gasteiger partial charge in [0.1, 0.15) is 0 Å². The molecule has 0 unspecified atom stereocenters. The maximum absolute atomic E-state index is 6.06. The molecule has 4 nitrogen and oxygen atoms in total. The van der Waals surface area contributed by atoms with Crippen LogP contribution < -0.4 is 0 Å². The number of nitrogens with zero attached hydrogens (tertiary/aromatic N) is 3. The molecule has 5 heteroatoms. The first-order valence-corrected chi connectivity index (χ1v) is 8.74. The maximum atomic E-state index is 6.06. The topological polar surface area (TPSA) is 39.4 Å². The van der Waals surface area contributed by atoms with Crippen LogP contribution in [0.2, 0.25) is 5.02 Å². The number of aryl methyl sites for hydroxylation is 1. The zero-order chi connectivity index (χ0) is 18.1. The number of aromatic nitrogens is 3. The second kappa shape index (κ2) is 6.90. The average Bonchev–Trinajstić information content (AvgIpc) is 3.01. The highest BCUT2D eigenvalue weighted by Crippen LogP contribution is 2.32. The van der Waals surface area contributed by atoms with Crippen LogP contribution in [0, 0.1) is 6.92 Å². The Bertz CT molecular complexity index is 1060. The summed E-state index contributed by atoms with van der Waals surface area (Å²) in [7, 11) is 1.67. The van der Waals surface area contributed by atoms with Crippen molar-refractivity contribution in [2.24, 2.45) is 0 Å². The van der Waals surface area contributed by atoms with E-state index in [4.69, 9.17) is 26.4 Å². The normalized spacial score (nSPS) is 11.2. The van der Waals surface area contributed by atoms with E-state index in [-0.39, 0.29) is 0 Å². The van der Waals surface area contributed by atoms with E-state index in [1.165, 1.54) is 0 Å². The number of methoxy groups -OCH3 is 1. The van der Waals surface area contributed by atoms with Crippen molar-refractivity contribution < 1.29 is 4.74 Å². The van der Waals surface area contributed by atoms with Crippen LogP contribution in [0.1, 0.15) is 11.4 Å². The predicted molar refractivity (Wildman–Crippen MR) is 104 cm³/mol. The summed E-state index contributed by atoms with van der Waals surface area (Å²) in [6.07, 6.45) is 0. The predicted octanol–water partition coefficient (Wildman–Crippen LogP) is 5.17. The number of hydrogen-bond donors (Lipinski definition) is 0. The second-order valence-corrected chi connectivity index (χ2v) is 6.58. The third kappa shape index (κ3) is 2.98. The molecule has 130 valence electrons. The van der Waals surface area contributed by atoms with E-state index in [9.17, 15) is 0 Å². The number of ether oxygens (including phenoxy) is 1. The summed E-state index contributed by atoms with van der Waals surface area (Å²) in [6.45, 7) is 2.41. The molecule has 0 aliphatic carbocycles. The van der Waals surface area contributed by atoms with Crippen molar-refractivity contribution in [3.05, 3.63) is 77.1 Å². The van der Waals surface area contributed by atoms with Gasteiger partial charge in [-0.05, 0) is 30.7 Å². The molecule has 0 aliphatic rings. The standard InChI is InChI=1S/C21H18ClN3O/c1-14-12-19(15-6-4-3-5-7-15)25-21(23-14)20(18(24-25)13-26-2)16-8-10-17(22)11-9-16/h3-12H,13H2,1-2H3. The van der Waals surface area contributed by atoms with Crippen LogP contribution in [0.3, 0.4) is 0 Å². The minimum atomic E-state index is 0.411. The minimum Gasteiger partial charge on any atom is -0.378 e. The van der Waals surface area contributed by atoms with E-state index in [2.05, 4.69) is 18.2 Å². The molecular weight excluding hydrogens is 346 g/mol. The minimum absolute atomic E-state index is 0.411. The summed E-state index contributed by atoms with van der Waals surface area (Å²) in [5.41, 5.74) is 6.71. The van der Waals surface area contributed by atoms with Gasteiger partial charge in [-0.25, -0.2) is 9.50 Å². The molecule has 26 heavy (non-hydrogen) atoms. The van der Waals surface area contributed by atoms with Crippen molar-refractivity contribution in [2.75, 3.05) is 7.11 Å². The van der Waals surface area contributed by atoms with Gasteiger partial charge in [0.15, 0.2) is 5.65 Å². The SMILES string of the molecule is COCc1nn2c(-c3ccccc3)cc(C)nc2c1-c1ccc(Cl)cc1. The van der Waals surface area contributed by atoms with Gasteiger partial charge in [0.25, 0.3) is 0 Å². The number of benzene rings is 2. The summed E-state index contributed by atoms with van der Waals surface area (Å²) in [6, 6.07) is 20.0. The smallest absolute Gasteiger partial charge is 0.164 e. The Hall–Kier alpha value is -2.69. The van der Waals surface area contributed by atoms with Crippen molar-refractivity contribution >= 4 is 17.2 Å². The highest BCUT2D eigenvalue weighted by atomic mass is 35.5. The maximum Gasteiger partial charge on any atom is 0.164 e. The van der Waals surface area contributed by atoms with Crippen LogP contribution in [-0.4, -0.2) is 21.7 Å². The van der Waals surface area contributed by atoms with Gasteiger partial charge in [-0.1, -0.05) is 54.1 Å². The fraction of sp³-hybridized carbons (Fsp3) is 0.143. The highest BCUT2D eigenvalue weighted by molar-refractivity contribution is 6.30. The van der Waals surface area contributed by atoms with Crippen molar-refractivity contribution in [1.29, 1.82) is 0 Å². The molecule has 4 rings (SSSR count). The van der Waals surface area contributed by atoms with Gasteiger partial charge in [0.2, 0.25) is 0 Å². The lowest BCUT2D eigenvalue weighted by atomic mass is 10.1. The third-order valence-electron chi connectivity index (χ3n) is 4.27. The molecule has 0 spiro atoms. The first-order valence-electron chi connectivity index (χ1n) is 8.37. The molecule has 0 radical (unpaired) electrons. The largest absolute Gasteiger partial charge is 0.378 e. The van der Waals surface area contributed by atoms with Crippen molar-refractivity contribution in [2.45, 2.75) is 13.5 Å². The van der Waals surface area contributed by atoms with Crippen LogP contribution >= 0.6 is 11.6 Å². The van der Waals surface area contributed by atoms with E-state index in [1.807, 2.05) is 53.9 Å². The fourth-order valence-corrected chi connectivity index (χ4v) is 3.27. The Balaban J connectivity index is 2.03. The lowest BCUT2D eigenvalue weighted by molar-refractivity contribution is 0.181. The first-order chi connectivity index (χ1) is 12.7. The Morgan fingerprint density at radius 1 is 1.00 bits per heavy atom. The van der Waals surface area contributed by atoms with Gasteiger partial charge in [-0.3, -0.25) is 0 Å². The Morgan fingerprint density at radius 3 is 2.42 bits per heavy atom. The van der Waals surface area contributed by atoms with Gasteiger partial charge in [-0.2, -0.15) is 5.10 Å². The molecule has 0 fully saturated rings. The van der Waals surface area contributed by atoms with E-state index in [1.54, 1.807) is 7.11 Å². The highest BCUT2D eigenvalue weighted by Gasteiger charge is 2.19. The lowest BCUT2D eigenvalue weighted by Crippen LogP contribution is -1.98. The van der Waals surface area contributed by atoms with Gasteiger partial charge in [0.05, 0.1) is 23.6 Å². The zero-order valence-electron chi connectivity index (χ0n) is 14.6. The molecule has 0 amide bonds. The summed E-state index contributed by atoms with van der Waals surface area (Å²) in [5, 5.41) is 5.52. The average molecular weight is 364 g/mol. The molecule has 0 bridgehead atoms. The number of fused-ring (bicyclic) bond motifs is 1. The molecule has 0 N–H and O–H groups in total. The van der Waals surface area contributed by atoms with Crippen molar-refractivity contribution in [3.8, 4) is 22.4 Å². The Kier molecular flexibility index (Phi) is 4.45. The zero-order valence-corrected chi connectivity index (χ0v) is 15.4. The van der Waals surface area contributed by atoms with E-state index in [0.717, 1.165) is 39.4 Å². The summed E-state index contributed by atoms with van der Waals surface area (Å²) in [4.78, 5) is 4.78. The van der Waals surface area contributed by atoms with E-state index in [0.29, 0.717) is 11.6 Å².